The third-order valence-corrected chi connectivity index (χ3v) is 26.2. The van der Waals surface area contributed by atoms with Crippen molar-refractivity contribution < 1.29 is 109 Å². The lowest BCUT2D eigenvalue weighted by Gasteiger charge is -2.35. The zero-order chi connectivity index (χ0) is 93.7. The minimum absolute atomic E-state index is 0. The van der Waals surface area contributed by atoms with E-state index in [1.807, 2.05) is 63.2 Å². The molecule has 0 amide bonds. The Hall–Kier alpha value is -10.1. The first-order chi connectivity index (χ1) is 62.0. The molecule has 0 aromatic heterocycles. The summed E-state index contributed by atoms with van der Waals surface area (Å²) < 4.78 is 67.6. The molecular formula is C89H126Cl3FN18O20S2. The number of aliphatic hydroxyl groups excluding tert-OH is 2. The number of nitro groups is 6. The van der Waals surface area contributed by atoms with Crippen LogP contribution in [0.3, 0.4) is 0 Å². The number of β-amino-alcohol motifs (C(OH)–C–C–N with tert-alkyl or cyclic N) is 2. The first kappa shape index (κ1) is 110. The number of nitro benzene ring substituents is 6. The van der Waals surface area contributed by atoms with E-state index in [4.69, 9.17) is 28.0 Å². The minimum Gasteiger partial charge on any atom is -1.00 e. The van der Waals surface area contributed by atoms with Crippen molar-refractivity contribution in [2.45, 2.75) is 139 Å². The molecule has 11 aliphatic rings. The number of nitrogens with two attached hydrogens (primary N) is 1. The number of rotatable bonds is 18. The third kappa shape index (κ3) is 35.6. The van der Waals surface area contributed by atoms with Gasteiger partial charge < -0.3 is 94.3 Å². The number of hydrogen-bond donors (Lipinski definition) is 6. The molecule has 0 bridgehead atoms. The molecule has 0 saturated carbocycles. The summed E-state index contributed by atoms with van der Waals surface area (Å²) in [4.78, 5) is 80.2. The van der Waals surface area contributed by atoms with Crippen LogP contribution >= 0.6 is 12.4 Å². The molecule has 11 heterocycles. The minimum atomic E-state index is -3.92. The van der Waals surface area contributed by atoms with Gasteiger partial charge in [-0.1, -0.05) is 0 Å². The van der Waals surface area contributed by atoms with Crippen molar-refractivity contribution in [1.29, 1.82) is 0 Å². The van der Waals surface area contributed by atoms with Crippen molar-refractivity contribution in [3.05, 3.63) is 236 Å². The molecule has 7 atom stereocenters. The van der Waals surface area contributed by atoms with Crippen molar-refractivity contribution in [3.8, 4) is 0 Å². The van der Waals surface area contributed by atoms with Gasteiger partial charge in [-0.2, -0.15) is 8.42 Å². The zero-order valence-electron chi connectivity index (χ0n) is 75.3. The lowest BCUT2D eigenvalue weighted by Crippen LogP contribution is -3.14. The second kappa shape index (κ2) is 53.2. The summed E-state index contributed by atoms with van der Waals surface area (Å²) in [6.45, 7) is 23.7. The largest absolute Gasteiger partial charge is 1.00 e. The SMILES string of the molecule is CS(=O)(=O)OC1CCN(c2ccc([N+](=O)[O-])cc2)C1.CS(=O)(=O)[O-].C[N+]1(C2CCN(c3ccc([N+](=O)[O-])cc3)C2)CCCC1.Cl.Nc1ccc(N2CCC([NH+]3CCCC3)C2)cc1.O=[N+]([O-])c1ccc(F)cc1.O=[N+]([O-])c1ccc(N2CCC(N3CCCC3)C2)cc1.O=[N+]([O-])c1ccc(N2CCC(O)C2)cc1.O=[N+]([O-])c1ccc(N2CCC([NH+]3CCCC3)C2)cc1.OC1CCNC1.[Cl-].[Cl-]. The Bertz CT molecular complexity index is 4910. The average molecular weight is 1960 g/mol. The summed E-state index contributed by atoms with van der Waals surface area (Å²) in [6.07, 6.45) is 19.2. The van der Waals surface area contributed by atoms with Crippen molar-refractivity contribution in [1.82, 2.24) is 10.2 Å². The van der Waals surface area contributed by atoms with Crippen LogP contribution in [0.15, 0.2) is 170 Å². The number of quaternary nitrogens is 3. The maximum Gasteiger partial charge on any atom is 0.269 e. The molecule has 7 unspecified atom stereocenters. The standard InChI is InChI=1S/C15H22N3O2.2C14H19N3O2.C14H21N3.C11H14N2O5S.C10H12N2O3.C6H4FNO2.C4H9NO.CH4O3S.3ClH/c1-18(10-2-3-11-18)15-8-9-16(12-15)13-4-6-14(7-5-13)17(19)20;2*18-17(19)13-5-3-12(4-6-13)16-10-7-14(11-16)15-8-1-2-9-15;15-12-3-5-13(6-4-12)17-10-7-14(11-17)16-8-1-2-9-16;1-19(16,17)18-11-6-7-12(8-11)9-2-4-10(5-3-9)13(14)15;13-10-5-6-11(7-10)8-1-3-9(4-2-8)12(14)15;7-5-1-3-6(4-2-5)8(9)10;6-4-1-2-5-3-4;1-5(2,3)4;;;/h4-7,15H,2-3,8-12H2,1H3;2*3-6,14H,1-2,7-11H2;3-6,14H,1-2,7-11,15H2;2-5,11H,6-8H2,1H3;1-4,10,13H,5-7H2;1-4H;4-6H,1-3H2;1H3,(H,2,3,4);3*1H/q+1;;;;;;;;;;;/p-1. The van der Waals surface area contributed by atoms with Gasteiger partial charge in [0.1, 0.15) is 23.9 Å². The quantitative estimate of drug-likeness (QED) is 0.0179. The van der Waals surface area contributed by atoms with E-state index < -0.39 is 40.8 Å². The average Bonchev–Trinajstić information content (AvgIpc) is 1.67. The summed E-state index contributed by atoms with van der Waals surface area (Å²) in [7, 11) is -4.98. The van der Waals surface area contributed by atoms with Gasteiger partial charge in [-0.25, -0.2) is 12.8 Å². The fourth-order valence-electron chi connectivity index (χ4n) is 18.5. The lowest BCUT2D eigenvalue weighted by atomic mass is 10.2. The smallest absolute Gasteiger partial charge is 0.269 e. The van der Waals surface area contributed by atoms with E-state index in [0.717, 1.165) is 148 Å². The molecular weight excluding hydrogens is 1830 g/mol. The van der Waals surface area contributed by atoms with Crippen molar-refractivity contribution >= 4 is 107 Å². The fraction of sp³-hybridized carbons (Fsp3) is 0.528. The van der Waals surface area contributed by atoms with E-state index in [0.29, 0.717) is 44.4 Å². The molecule has 0 radical (unpaired) electrons. The van der Waals surface area contributed by atoms with Crippen LogP contribution in [0.5, 0.6) is 0 Å². The summed E-state index contributed by atoms with van der Waals surface area (Å²) in [5, 5.41) is 84.0. The molecule has 44 heteroatoms. The summed E-state index contributed by atoms with van der Waals surface area (Å²) in [5.74, 6) is -0.467. The maximum atomic E-state index is 12.1. The van der Waals surface area contributed by atoms with Gasteiger partial charge in [-0.15, -0.1) is 12.4 Å². The number of nitrogen functional groups attached to an aromatic ring is 1. The number of non-ortho nitro benzene ring substituents is 6. The fourth-order valence-corrected chi connectivity index (χ4v) is 19.1. The van der Waals surface area contributed by atoms with Gasteiger partial charge in [0.25, 0.3) is 44.2 Å². The number of hydrogen-bond acceptors (Lipinski definition) is 29. The van der Waals surface area contributed by atoms with E-state index >= 15 is 0 Å². The van der Waals surface area contributed by atoms with Crippen LogP contribution in [0.1, 0.15) is 96.3 Å². The van der Waals surface area contributed by atoms with Gasteiger partial charge in [0.05, 0.1) is 130 Å². The highest BCUT2D eigenvalue weighted by Gasteiger charge is 2.41. The zero-order valence-corrected chi connectivity index (χ0v) is 79.3. The molecule has 18 rings (SSSR count). The predicted octanol–water partition coefficient (Wildman–Crippen LogP) is 3.04. The van der Waals surface area contributed by atoms with Gasteiger partial charge in [0.15, 0.2) is 0 Å². The second-order valence-corrected chi connectivity index (χ2v) is 37.8. The van der Waals surface area contributed by atoms with Crippen molar-refractivity contribution in [2.75, 3.05) is 199 Å². The number of nitrogens with zero attached hydrogens (tertiary/aromatic N) is 14. The number of halogens is 4. The molecule has 732 valence electrons. The van der Waals surface area contributed by atoms with Gasteiger partial charge in [0.2, 0.25) is 0 Å². The highest BCUT2D eigenvalue weighted by Crippen LogP contribution is 2.34. The van der Waals surface area contributed by atoms with Gasteiger partial charge >= 0.3 is 0 Å². The Morgan fingerprint density at radius 2 is 0.729 bits per heavy atom. The van der Waals surface area contributed by atoms with Gasteiger partial charge in [-0.05, 0) is 155 Å². The Kier molecular flexibility index (Phi) is 44.0. The molecule has 7 aromatic rings. The predicted molar refractivity (Wildman–Crippen MR) is 503 cm³/mol. The molecule has 11 aliphatic heterocycles. The second-order valence-electron chi connectivity index (χ2n) is 34.8. The number of likely N-dealkylation sites (tertiary alicyclic amines) is 4. The van der Waals surface area contributed by atoms with Crippen LogP contribution in [0.4, 0.5) is 78.3 Å². The van der Waals surface area contributed by atoms with E-state index in [9.17, 15) is 78.6 Å². The highest BCUT2D eigenvalue weighted by atomic mass is 35.5. The molecule has 7 aromatic carbocycles. The van der Waals surface area contributed by atoms with Crippen LogP contribution in [0.2, 0.25) is 0 Å². The molecule has 0 aliphatic carbocycles. The van der Waals surface area contributed by atoms with Crippen LogP contribution in [-0.4, -0.2) is 277 Å². The molecule has 0 spiro atoms. The van der Waals surface area contributed by atoms with Gasteiger partial charge in [0, 0.05) is 248 Å². The van der Waals surface area contributed by atoms with Crippen molar-refractivity contribution in [3.63, 3.8) is 0 Å². The maximum absolute atomic E-state index is 12.1. The Labute approximate surface area is 794 Å². The van der Waals surface area contributed by atoms with Gasteiger partial charge in [-0.3, -0.25) is 69.8 Å². The Balaban J connectivity index is 0.000000208. The Morgan fingerprint density at radius 1 is 0.414 bits per heavy atom. The lowest BCUT2D eigenvalue weighted by molar-refractivity contribution is -0.919. The number of likely N-dealkylation sites (N-methyl/N-ethyl adjacent to an activating group) is 1. The number of benzene rings is 7. The monoisotopic (exact) mass is 1950 g/mol. The van der Waals surface area contributed by atoms with Crippen molar-refractivity contribution in [2.24, 2.45) is 0 Å². The van der Waals surface area contributed by atoms with E-state index in [1.54, 1.807) is 65.6 Å². The molecule has 11 saturated heterocycles. The molecule has 11 fully saturated rings. The summed E-state index contributed by atoms with van der Waals surface area (Å²) >= 11 is 0. The van der Waals surface area contributed by atoms with E-state index in [2.05, 4.69) is 49.0 Å². The first-order valence-corrected chi connectivity index (χ1v) is 48.2. The normalized spacial score (nSPS) is 21.7. The number of anilines is 7. The topological polar surface area (TPSA) is 469 Å². The molecule has 38 nitrogen and oxygen atoms in total. The molecule has 133 heavy (non-hydrogen) atoms. The summed E-state index contributed by atoms with van der Waals surface area (Å²) in [5.41, 5.74) is 13.5. The van der Waals surface area contributed by atoms with E-state index in [1.165, 1.54) is 177 Å². The van der Waals surface area contributed by atoms with Crippen LogP contribution in [0, 0.1) is 66.5 Å². The Morgan fingerprint density at radius 3 is 1.06 bits per heavy atom. The third-order valence-electron chi connectivity index (χ3n) is 25.6. The highest BCUT2D eigenvalue weighted by molar-refractivity contribution is 7.86. The van der Waals surface area contributed by atoms with Crippen LogP contribution in [-0.2, 0) is 24.4 Å². The number of aliphatic hydroxyl groups is 2. The van der Waals surface area contributed by atoms with Crippen LogP contribution < -0.4 is 75.1 Å². The first-order valence-electron chi connectivity index (χ1n) is 44.6. The number of nitrogens with one attached hydrogen (secondary N) is 3. The summed E-state index contributed by atoms with van der Waals surface area (Å²) in [6, 6.07) is 49.1. The van der Waals surface area contributed by atoms with Crippen LogP contribution in [0.25, 0.3) is 0 Å². The van der Waals surface area contributed by atoms with E-state index in [-0.39, 0.29) is 104 Å². The molecule has 7 N–H and O–H groups in total.